The van der Waals surface area contributed by atoms with E-state index in [1.54, 1.807) is 0 Å². The number of aliphatic imine (C=N–C) groups is 1. The summed E-state index contributed by atoms with van der Waals surface area (Å²) in [6.45, 7) is 0.727. The molecule has 110 valence electrons. The molecule has 0 aliphatic carbocycles. The standard InChI is InChI=1S/C10H9F2N.C2HF3O2/c11-7-3-4-9(12)8(6-7)10-2-1-5-13-10;3-2(4,5)1(6)7/h3-4,6H,1-2,5H2;(H,6,7). The van der Waals surface area contributed by atoms with Crippen molar-refractivity contribution in [3.63, 3.8) is 0 Å². The molecule has 0 spiro atoms. The van der Waals surface area contributed by atoms with Crippen molar-refractivity contribution in [2.75, 3.05) is 6.54 Å². The van der Waals surface area contributed by atoms with Gasteiger partial charge in [-0.05, 0) is 31.0 Å². The van der Waals surface area contributed by atoms with Gasteiger partial charge >= 0.3 is 12.1 Å². The number of rotatable bonds is 1. The first-order valence-corrected chi connectivity index (χ1v) is 5.50. The predicted molar refractivity (Wildman–Crippen MR) is 60.7 cm³/mol. The van der Waals surface area contributed by atoms with Gasteiger partial charge in [-0.25, -0.2) is 13.6 Å². The Bertz CT molecular complexity index is 525. The molecule has 0 fully saturated rings. The van der Waals surface area contributed by atoms with Crippen molar-refractivity contribution in [3.8, 4) is 0 Å². The van der Waals surface area contributed by atoms with Gasteiger partial charge in [0.05, 0.1) is 0 Å². The zero-order valence-electron chi connectivity index (χ0n) is 10.0. The first-order valence-electron chi connectivity index (χ1n) is 5.50. The molecule has 0 saturated carbocycles. The van der Waals surface area contributed by atoms with Gasteiger partial charge in [-0.15, -0.1) is 0 Å². The van der Waals surface area contributed by atoms with Crippen molar-refractivity contribution >= 4 is 11.7 Å². The largest absolute Gasteiger partial charge is 0.490 e. The van der Waals surface area contributed by atoms with Gasteiger partial charge in [-0.1, -0.05) is 0 Å². The van der Waals surface area contributed by atoms with E-state index in [2.05, 4.69) is 4.99 Å². The summed E-state index contributed by atoms with van der Waals surface area (Å²) in [4.78, 5) is 13.0. The Morgan fingerprint density at radius 1 is 1.25 bits per heavy atom. The topological polar surface area (TPSA) is 49.7 Å². The third-order valence-electron chi connectivity index (χ3n) is 2.36. The van der Waals surface area contributed by atoms with Crippen LogP contribution >= 0.6 is 0 Å². The highest BCUT2D eigenvalue weighted by molar-refractivity contribution is 6.01. The molecule has 1 aromatic rings. The molecular weight excluding hydrogens is 285 g/mol. The van der Waals surface area contributed by atoms with E-state index in [1.165, 1.54) is 6.07 Å². The summed E-state index contributed by atoms with van der Waals surface area (Å²) in [6, 6.07) is 3.47. The second-order valence-corrected chi connectivity index (χ2v) is 3.86. The number of carbonyl (C=O) groups is 1. The SMILES string of the molecule is Fc1ccc(F)c(C2=NCCC2)c1.O=C(O)C(F)(F)F. The zero-order chi connectivity index (χ0) is 15.3. The van der Waals surface area contributed by atoms with Crippen LogP contribution in [0.5, 0.6) is 0 Å². The van der Waals surface area contributed by atoms with Crippen LogP contribution in [0.3, 0.4) is 0 Å². The van der Waals surface area contributed by atoms with E-state index in [-0.39, 0.29) is 5.82 Å². The maximum Gasteiger partial charge on any atom is 0.490 e. The molecule has 0 aromatic heterocycles. The van der Waals surface area contributed by atoms with Crippen LogP contribution in [0.2, 0.25) is 0 Å². The average molecular weight is 295 g/mol. The molecule has 0 radical (unpaired) electrons. The molecular formula is C12H10F5NO2. The molecule has 20 heavy (non-hydrogen) atoms. The Morgan fingerprint density at radius 2 is 1.85 bits per heavy atom. The van der Waals surface area contributed by atoms with Crippen LogP contribution in [0.15, 0.2) is 23.2 Å². The molecule has 0 unspecified atom stereocenters. The smallest absolute Gasteiger partial charge is 0.475 e. The van der Waals surface area contributed by atoms with E-state index in [1.807, 2.05) is 0 Å². The van der Waals surface area contributed by atoms with E-state index >= 15 is 0 Å². The number of halogens is 5. The first kappa shape index (κ1) is 16.1. The average Bonchev–Trinajstić information content (AvgIpc) is 2.85. The van der Waals surface area contributed by atoms with Crippen LogP contribution in [0.4, 0.5) is 22.0 Å². The maximum atomic E-state index is 13.2. The minimum atomic E-state index is -5.08. The maximum absolute atomic E-state index is 13.2. The third-order valence-corrected chi connectivity index (χ3v) is 2.36. The Balaban J connectivity index is 0.000000246. The van der Waals surface area contributed by atoms with Crippen molar-refractivity contribution in [1.29, 1.82) is 0 Å². The summed E-state index contributed by atoms with van der Waals surface area (Å²) >= 11 is 0. The lowest BCUT2D eigenvalue weighted by Gasteiger charge is -2.01. The lowest BCUT2D eigenvalue weighted by Crippen LogP contribution is -2.21. The van der Waals surface area contributed by atoms with Gasteiger partial charge in [0.15, 0.2) is 0 Å². The van der Waals surface area contributed by atoms with Crippen molar-refractivity contribution in [2.24, 2.45) is 4.99 Å². The van der Waals surface area contributed by atoms with Crippen LogP contribution in [0.25, 0.3) is 0 Å². The molecule has 8 heteroatoms. The fourth-order valence-corrected chi connectivity index (χ4v) is 1.48. The molecule has 1 aromatic carbocycles. The van der Waals surface area contributed by atoms with Crippen molar-refractivity contribution in [1.82, 2.24) is 0 Å². The van der Waals surface area contributed by atoms with Gasteiger partial charge in [0.25, 0.3) is 0 Å². The Kier molecular flexibility index (Phi) is 5.18. The number of hydrogen-bond acceptors (Lipinski definition) is 2. The van der Waals surface area contributed by atoms with E-state index in [0.717, 1.165) is 31.5 Å². The monoisotopic (exact) mass is 295 g/mol. The lowest BCUT2D eigenvalue weighted by molar-refractivity contribution is -0.192. The second-order valence-electron chi connectivity index (χ2n) is 3.86. The molecule has 0 saturated heterocycles. The summed E-state index contributed by atoms with van der Waals surface area (Å²) in [5, 5.41) is 7.12. The minimum Gasteiger partial charge on any atom is -0.475 e. The van der Waals surface area contributed by atoms with Gasteiger partial charge < -0.3 is 5.11 Å². The van der Waals surface area contributed by atoms with Crippen LogP contribution < -0.4 is 0 Å². The number of aliphatic carboxylic acids is 1. The Labute approximate surface area is 110 Å². The zero-order valence-corrected chi connectivity index (χ0v) is 10.0. The number of alkyl halides is 3. The van der Waals surface area contributed by atoms with E-state index in [9.17, 15) is 22.0 Å². The number of carboxylic acid groups (broad SMARTS) is 1. The highest BCUT2D eigenvalue weighted by atomic mass is 19.4. The van der Waals surface area contributed by atoms with Gasteiger partial charge in [-0.2, -0.15) is 13.2 Å². The van der Waals surface area contributed by atoms with Crippen LogP contribution in [-0.2, 0) is 4.79 Å². The molecule has 1 heterocycles. The summed E-state index contributed by atoms with van der Waals surface area (Å²) < 4.78 is 57.7. The first-order chi connectivity index (χ1) is 9.21. The van der Waals surface area contributed by atoms with Gasteiger partial charge in [0.2, 0.25) is 0 Å². The summed E-state index contributed by atoms with van der Waals surface area (Å²) in [5.74, 6) is -3.56. The Morgan fingerprint density at radius 3 is 2.30 bits per heavy atom. The van der Waals surface area contributed by atoms with Gasteiger partial charge in [-0.3, -0.25) is 4.99 Å². The molecule has 0 atom stereocenters. The molecule has 1 N–H and O–H groups in total. The molecule has 0 amide bonds. The second kappa shape index (κ2) is 6.44. The predicted octanol–water partition coefficient (Wildman–Crippen LogP) is 3.18. The lowest BCUT2D eigenvalue weighted by atomic mass is 10.1. The van der Waals surface area contributed by atoms with Crippen LogP contribution in [-0.4, -0.2) is 29.5 Å². The normalized spacial score (nSPS) is 14.3. The van der Waals surface area contributed by atoms with Crippen molar-refractivity contribution in [3.05, 3.63) is 35.4 Å². The van der Waals surface area contributed by atoms with Crippen molar-refractivity contribution < 1.29 is 31.9 Å². The van der Waals surface area contributed by atoms with Crippen molar-refractivity contribution in [2.45, 2.75) is 19.0 Å². The molecule has 2 rings (SSSR count). The number of carboxylic acids is 1. The van der Waals surface area contributed by atoms with E-state index in [4.69, 9.17) is 9.90 Å². The number of hydrogen-bond donors (Lipinski definition) is 1. The summed E-state index contributed by atoms with van der Waals surface area (Å²) in [7, 11) is 0. The van der Waals surface area contributed by atoms with Gasteiger partial charge in [0.1, 0.15) is 11.6 Å². The highest BCUT2D eigenvalue weighted by Crippen LogP contribution is 2.17. The Hall–Kier alpha value is -1.99. The van der Waals surface area contributed by atoms with E-state index in [0.29, 0.717) is 11.3 Å². The molecule has 1 aliphatic heterocycles. The van der Waals surface area contributed by atoms with Crippen LogP contribution in [0.1, 0.15) is 18.4 Å². The van der Waals surface area contributed by atoms with E-state index < -0.39 is 18.0 Å². The molecule has 1 aliphatic rings. The fraction of sp³-hybridized carbons (Fsp3) is 0.333. The number of nitrogens with zero attached hydrogens (tertiary/aromatic N) is 1. The molecule has 0 bridgehead atoms. The fourth-order valence-electron chi connectivity index (χ4n) is 1.48. The summed E-state index contributed by atoms with van der Waals surface area (Å²) in [5.41, 5.74) is 1.01. The highest BCUT2D eigenvalue weighted by Gasteiger charge is 2.38. The minimum absolute atomic E-state index is 0.317. The number of benzene rings is 1. The molecule has 3 nitrogen and oxygen atoms in total. The third kappa shape index (κ3) is 4.60. The van der Waals surface area contributed by atoms with Crippen LogP contribution in [0, 0.1) is 11.6 Å². The summed E-state index contributed by atoms with van der Waals surface area (Å²) in [6.07, 6.45) is -3.40. The van der Waals surface area contributed by atoms with Gasteiger partial charge in [0, 0.05) is 17.8 Å². The quantitative estimate of drug-likeness (QED) is 0.809.